The average molecular weight is 257 g/mol. The predicted molar refractivity (Wildman–Crippen MR) is 77.1 cm³/mol. The molecule has 102 valence electrons. The largest absolute Gasteiger partial charge is 0.327 e. The summed E-state index contributed by atoms with van der Waals surface area (Å²) in [6.45, 7) is 0. The molecule has 3 unspecified atom stereocenters. The van der Waals surface area contributed by atoms with Gasteiger partial charge in [0.25, 0.3) is 0 Å². The van der Waals surface area contributed by atoms with Crippen LogP contribution < -0.4 is 5.73 Å². The number of carbonyl (C=O) groups excluding carboxylic acids is 1. The first kappa shape index (κ1) is 12.9. The Morgan fingerprint density at radius 2 is 1.95 bits per heavy atom. The van der Waals surface area contributed by atoms with Gasteiger partial charge in [-0.15, -0.1) is 0 Å². The van der Waals surface area contributed by atoms with E-state index in [0.717, 1.165) is 19.3 Å². The van der Waals surface area contributed by atoms with E-state index in [9.17, 15) is 4.79 Å². The highest BCUT2D eigenvalue weighted by atomic mass is 16.1. The molecule has 2 heteroatoms. The molecule has 0 bridgehead atoms. The summed E-state index contributed by atoms with van der Waals surface area (Å²) in [5, 5.41) is 0. The Hall–Kier alpha value is -1.15. The fourth-order valence-corrected chi connectivity index (χ4v) is 3.68. The SMILES string of the molecule is NC1CCCCCC1C(=O)CC1Cc2ccccc21. The molecule has 2 aliphatic rings. The molecule has 2 nitrogen and oxygen atoms in total. The molecular weight excluding hydrogens is 234 g/mol. The van der Waals surface area contributed by atoms with Crippen molar-refractivity contribution in [3.05, 3.63) is 35.4 Å². The third-order valence-electron chi connectivity index (χ3n) is 4.89. The molecule has 2 aliphatic carbocycles. The lowest BCUT2D eigenvalue weighted by Gasteiger charge is -2.31. The maximum atomic E-state index is 12.5. The van der Waals surface area contributed by atoms with Gasteiger partial charge in [0.2, 0.25) is 0 Å². The minimum Gasteiger partial charge on any atom is -0.327 e. The van der Waals surface area contributed by atoms with Gasteiger partial charge in [0, 0.05) is 18.4 Å². The van der Waals surface area contributed by atoms with E-state index in [1.54, 1.807) is 0 Å². The Labute approximate surface area is 115 Å². The van der Waals surface area contributed by atoms with Gasteiger partial charge in [-0.2, -0.15) is 0 Å². The molecule has 0 heterocycles. The minimum absolute atomic E-state index is 0.102. The van der Waals surface area contributed by atoms with Crippen molar-refractivity contribution in [1.29, 1.82) is 0 Å². The van der Waals surface area contributed by atoms with Crippen molar-refractivity contribution in [2.75, 3.05) is 0 Å². The van der Waals surface area contributed by atoms with Crippen LogP contribution in [0.2, 0.25) is 0 Å². The lowest BCUT2D eigenvalue weighted by Crippen LogP contribution is -2.36. The summed E-state index contributed by atoms with van der Waals surface area (Å²) in [6, 6.07) is 8.60. The topological polar surface area (TPSA) is 43.1 Å². The Balaban J connectivity index is 1.63. The zero-order chi connectivity index (χ0) is 13.2. The first-order valence-corrected chi connectivity index (χ1v) is 7.62. The number of carbonyl (C=O) groups is 1. The first-order valence-electron chi connectivity index (χ1n) is 7.62. The zero-order valence-electron chi connectivity index (χ0n) is 11.5. The Morgan fingerprint density at radius 1 is 1.16 bits per heavy atom. The van der Waals surface area contributed by atoms with Crippen LogP contribution in [0.15, 0.2) is 24.3 Å². The normalized spacial score (nSPS) is 30.1. The molecular formula is C17H23NO. The zero-order valence-corrected chi connectivity index (χ0v) is 11.5. The van der Waals surface area contributed by atoms with Crippen LogP contribution in [-0.4, -0.2) is 11.8 Å². The molecule has 19 heavy (non-hydrogen) atoms. The summed E-state index contributed by atoms with van der Waals surface area (Å²) in [5.74, 6) is 0.989. The third-order valence-corrected chi connectivity index (χ3v) is 4.89. The quantitative estimate of drug-likeness (QED) is 0.845. The van der Waals surface area contributed by atoms with Gasteiger partial charge in [0.15, 0.2) is 0 Å². The second kappa shape index (κ2) is 5.46. The highest BCUT2D eigenvalue weighted by molar-refractivity contribution is 5.83. The van der Waals surface area contributed by atoms with Crippen LogP contribution >= 0.6 is 0 Å². The fraction of sp³-hybridized carbons (Fsp3) is 0.588. The number of fused-ring (bicyclic) bond motifs is 1. The number of hydrogen-bond donors (Lipinski definition) is 1. The molecule has 1 fully saturated rings. The van der Waals surface area contributed by atoms with Crippen LogP contribution in [0.5, 0.6) is 0 Å². The van der Waals surface area contributed by atoms with Gasteiger partial charge in [-0.1, -0.05) is 43.5 Å². The Bertz CT molecular complexity index is 468. The second-order valence-electron chi connectivity index (χ2n) is 6.18. The van der Waals surface area contributed by atoms with E-state index < -0.39 is 0 Å². The van der Waals surface area contributed by atoms with Crippen molar-refractivity contribution in [3.63, 3.8) is 0 Å². The Morgan fingerprint density at radius 3 is 2.79 bits per heavy atom. The molecule has 0 radical (unpaired) electrons. The summed E-state index contributed by atoms with van der Waals surface area (Å²) >= 11 is 0. The highest BCUT2D eigenvalue weighted by Crippen LogP contribution is 2.38. The second-order valence-corrected chi connectivity index (χ2v) is 6.18. The van der Waals surface area contributed by atoms with Gasteiger partial charge in [-0.3, -0.25) is 4.79 Å². The summed E-state index contributed by atoms with van der Waals surface area (Å²) in [5.41, 5.74) is 9.00. The van der Waals surface area contributed by atoms with Crippen LogP contribution in [0, 0.1) is 5.92 Å². The number of nitrogens with two attached hydrogens (primary N) is 1. The van der Waals surface area contributed by atoms with Crippen molar-refractivity contribution >= 4 is 5.78 Å². The summed E-state index contributed by atoms with van der Waals surface area (Å²) < 4.78 is 0. The van der Waals surface area contributed by atoms with Crippen LogP contribution in [0.4, 0.5) is 0 Å². The fourth-order valence-electron chi connectivity index (χ4n) is 3.68. The van der Waals surface area contributed by atoms with Crippen LogP contribution in [0.3, 0.4) is 0 Å². The smallest absolute Gasteiger partial charge is 0.138 e. The lowest BCUT2D eigenvalue weighted by molar-refractivity contribution is -0.124. The molecule has 1 aromatic rings. The van der Waals surface area contributed by atoms with E-state index in [1.165, 1.54) is 30.4 Å². The average Bonchev–Trinajstić information content (AvgIpc) is 2.60. The molecule has 0 aromatic heterocycles. The molecule has 0 spiro atoms. The van der Waals surface area contributed by atoms with Gasteiger partial charge < -0.3 is 5.73 Å². The van der Waals surface area contributed by atoms with Crippen LogP contribution in [0.25, 0.3) is 0 Å². The summed E-state index contributed by atoms with van der Waals surface area (Å²) in [7, 11) is 0. The maximum absolute atomic E-state index is 12.5. The molecule has 2 N–H and O–H groups in total. The van der Waals surface area contributed by atoms with Crippen LogP contribution in [-0.2, 0) is 11.2 Å². The van der Waals surface area contributed by atoms with E-state index in [1.807, 2.05) is 0 Å². The number of ketones is 1. The van der Waals surface area contributed by atoms with Crippen molar-refractivity contribution in [3.8, 4) is 0 Å². The minimum atomic E-state index is 0.102. The van der Waals surface area contributed by atoms with E-state index in [4.69, 9.17) is 5.73 Å². The number of hydrogen-bond acceptors (Lipinski definition) is 2. The van der Waals surface area contributed by atoms with Gasteiger partial charge in [-0.25, -0.2) is 0 Å². The van der Waals surface area contributed by atoms with E-state index in [0.29, 0.717) is 18.1 Å². The van der Waals surface area contributed by atoms with Crippen molar-refractivity contribution in [1.82, 2.24) is 0 Å². The first-order chi connectivity index (χ1) is 9.25. The van der Waals surface area contributed by atoms with Gasteiger partial charge >= 0.3 is 0 Å². The Kier molecular flexibility index (Phi) is 3.69. The molecule has 3 rings (SSSR count). The van der Waals surface area contributed by atoms with Crippen molar-refractivity contribution in [2.24, 2.45) is 11.7 Å². The molecule has 0 aliphatic heterocycles. The van der Waals surface area contributed by atoms with E-state index >= 15 is 0 Å². The van der Waals surface area contributed by atoms with Crippen LogP contribution in [0.1, 0.15) is 55.6 Å². The van der Waals surface area contributed by atoms with Crippen molar-refractivity contribution in [2.45, 2.75) is 56.9 Å². The van der Waals surface area contributed by atoms with Gasteiger partial charge in [-0.05, 0) is 36.3 Å². The highest BCUT2D eigenvalue weighted by Gasteiger charge is 2.32. The standard InChI is InChI=1S/C17H23NO/c18-16-9-3-1-2-8-15(16)17(19)11-13-10-12-6-4-5-7-14(12)13/h4-7,13,15-16H,1-3,8-11,18H2. The molecule has 1 aromatic carbocycles. The third kappa shape index (κ3) is 2.59. The van der Waals surface area contributed by atoms with Gasteiger partial charge in [0.1, 0.15) is 5.78 Å². The lowest BCUT2D eigenvalue weighted by atomic mass is 9.73. The van der Waals surface area contributed by atoms with E-state index in [2.05, 4.69) is 24.3 Å². The summed E-state index contributed by atoms with van der Waals surface area (Å²) in [6.07, 6.45) is 7.41. The molecule has 0 saturated heterocycles. The molecule has 0 amide bonds. The molecule has 3 atom stereocenters. The molecule has 1 saturated carbocycles. The number of benzene rings is 1. The van der Waals surface area contributed by atoms with Gasteiger partial charge in [0.05, 0.1) is 0 Å². The summed E-state index contributed by atoms with van der Waals surface area (Å²) in [4.78, 5) is 12.5. The number of rotatable bonds is 3. The van der Waals surface area contributed by atoms with E-state index in [-0.39, 0.29) is 12.0 Å². The monoisotopic (exact) mass is 257 g/mol. The predicted octanol–water partition coefficient (Wildman–Crippen LogP) is 3.19. The number of Topliss-reactive ketones (excluding diaryl/α,β-unsaturated/α-hetero) is 1. The maximum Gasteiger partial charge on any atom is 0.138 e. The van der Waals surface area contributed by atoms with Crippen molar-refractivity contribution < 1.29 is 4.79 Å².